The van der Waals surface area contributed by atoms with Crippen LogP contribution in [0, 0.1) is 13.8 Å². The molecule has 0 unspecified atom stereocenters. The van der Waals surface area contributed by atoms with Crippen molar-refractivity contribution in [3.05, 3.63) is 53.6 Å². The Kier molecular flexibility index (Phi) is 6.03. The molecular formula is C19H24N2O2. The Balaban J connectivity index is 1.87. The summed E-state index contributed by atoms with van der Waals surface area (Å²) >= 11 is 0. The van der Waals surface area contributed by atoms with Gasteiger partial charge in [-0.05, 0) is 55.7 Å². The number of anilines is 2. The number of benzene rings is 2. The van der Waals surface area contributed by atoms with Gasteiger partial charge in [0.25, 0.3) is 0 Å². The number of hydrogen-bond donors (Lipinski definition) is 2. The van der Waals surface area contributed by atoms with E-state index in [4.69, 9.17) is 4.74 Å². The second-order valence-corrected chi connectivity index (χ2v) is 5.54. The number of rotatable bonds is 7. The minimum Gasteiger partial charge on any atom is -0.494 e. The summed E-state index contributed by atoms with van der Waals surface area (Å²) < 4.78 is 5.53. The highest BCUT2D eigenvalue weighted by molar-refractivity contribution is 5.95. The minimum atomic E-state index is -0.0614. The van der Waals surface area contributed by atoms with Crippen molar-refractivity contribution in [1.29, 1.82) is 0 Å². The Bertz CT molecular complexity index is 631. The summed E-state index contributed by atoms with van der Waals surface area (Å²) in [5.74, 6) is 0.783. The summed E-state index contributed by atoms with van der Waals surface area (Å²) in [5, 5.41) is 6.08. The van der Waals surface area contributed by atoms with Crippen LogP contribution in [0.25, 0.3) is 0 Å². The van der Waals surface area contributed by atoms with E-state index < -0.39 is 0 Å². The van der Waals surface area contributed by atoms with Crippen LogP contribution in [-0.2, 0) is 4.79 Å². The Morgan fingerprint density at radius 3 is 2.30 bits per heavy atom. The molecule has 2 N–H and O–H groups in total. The molecule has 0 aliphatic rings. The Morgan fingerprint density at radius 1 is 1.04 bits per heavy atom. The van der Waals surface area contributed by atoms with Gasteiger partial charge in [0, 0.05) is 11.4 Å². The lowest BCUT2D eigenvalue weighted by Crippen LogP contribution is -2.22. The van der Waals surface area contributed by atoms with Gasteiger partial charge in [-0.1, -0.05) is 25.1 Å². The third-order valence-electron chi connectivity index (χ3n) is 3.53. The van der Waals surface area contributed by atoms with Crippen molar-refractivity contribution in [1.82, 2.24) is 0 Å². The molecule has 2 aromatic rings. The summed E-state index contributed by atoms with van der Waals surface area (Å²) in [6.45, 7) is 6.99. The molecule has 0 bridgehead atoms. The van der Waals surface area contributed by atoms with Gasteiger partial charge in [0.1, 0.15) is 5.75 Å². The summed E-state index contributed by atoms with van der Waals surface area (Å²) in [5.41, 5.74) is 3.92. The lowest BCUT2D eigenvalue weighted by molar-refractivity contribution is -0.114. The molecular weight excluding hydrogens is 288 g/mol. The molecule has 0 atom stereocenters. The van der Waals surface area contributed by atoms with E-state index in [9.17, 15) is 4.79 Å². The molecule has 0 saturated carbocycles. The van der Waals surface area contributed by atoms with E-state index in [-0.39, 0.29) is 12.5 Å². The zero-order valence-corrected chi connectivity index (χ0v) is 14.0. The highest BCUT2D eigenvalue weighted by Gasteiger charge is 2.07. The van der Waals surface area contributed by atoms with Gasteiger partial charge in [0.2, 0.25) is 5.91 Å². The number of ether oxygens (including phenoxy) is 1. The van der Waals surface area contributed by atoms with Crippen LogP contribution in [0.3, 0.4) is 0 Å². The number of nitrogens with one attached hydrogen (secondary N) is 2. The molecule has 1 amide bonds. The summed E-state index contributed by atoms with van der Waals surface area (Å²) in [6.07, 6.45) is 0.985. The molecule has 122 valence electrons. The molecule has 0 aliphatic heterocycles. The molecule has 4 nitrogen and oxygen atoms in total. The lowest BCUT2D eigenvalue weighted by Gasteiger charge is -2.12. The van der Waals surface area contributed by atoms with Gasteiger partial charge < -0.3 is 15.4 Å². The van der Waals surface area contributed by atoms with Crippen molar-refractivity contribution in [2.75, 3.05) is 23.8 Å². The molecule has 0 heterocycles. The molecule has 0 aliphatic carbocycles. The highest BCUT2D eigenvalue weighted by Crippen LogP contribution is 2.19. The molecule has 2 rings (SSSR count). The van der Waals surface area contributed by atoms with Crippen molar-refractivity contribution < 1.29 is 9.53 Å². The van der Waals surface area contributed by atoms with Crippen LogP contribution in [0.5, 0.6) is 5.75 Å². The molecule has 0 radical (unpaired) electrons. The van der Waals surface area contributed by atoms with Gasteiger partial charge in [-0.15, -0.1) is 0 Å². The van der Waals surface area contributed by atoms with Crippen LogP contribution in [0.2, 0.25) is 0 Å². The Labute approximate surface area is 137 Å². The fraction of sp³-hybridized carbons (Fsp3) is 0.316. The summed E-state index contributed by atoms with van der Waals surface area (Å²) in [6, 6.07) is 13.6. The highest BCUT2D eigenvalue weighted by atomic mass is 16.5. The number of carbonyl (C=O) groups excluding carboxylic acids is 1. The number of hydrogen-bond acceptors (Lipinski definition) is 3. The second kappa shape index (κ2) is 8.22. The Morgan fingerprint density at radius 2 is 1.70 bits per heavy atom. The fourth-order valence-electron chi connectivity index (χ4n) is 2.27. The van der Waals surface area contributed by atoms with Crippen LogP contribution in [0.1, 0.15) is 24.5 Å². The van der Waals surface area contributed by atoms with E-state index >= 15 is 0 Å². The standard InChI is InChI=1S/C19H24N2O2/c1-4-12-23-17-10-8-16(9-11-17)20-13-18(22)21-19-14(2)6-5-7-15(19)3/h5-11,20H,4,12-13H2,1-3H3,(H,21,22). The van der Waals surface area contributed by atoms with Crippen molar-refractivity contribution in [2.24, 2.45) is 0 Å². The number of carbonyl (C=O) groups is 1. The van der Waals surface area contributed by atoms with Crippen molar-refractivity contribution >= 4 is 17.3 Å². The predicted octanol–water partition coefficient (Wildman–Crippen LogP) is 4.14. The number of para-hydroxylation sites is 1. The first-order chi connectivity index (χ1) is 11.1. The minimum absolute atomic E-state index is 0.0614. The zero-order chi connectivity index (χ0) is 16.7. The van der Waals surface area contributed by atoms with Crippen LogP contribution in [0.4, 0.5) is 11.4 Å². The third kappa shape index (κ3) is 5.02. The van der Waals surface area contributed by atoms with Crippen LogP contribution in [-0.4, -0.2) is 19.1 Å². The van der Waals surface area contributed by atoms with Crippen molar-refractivity contribution in [2.45, 2.75) is 27.2 Å². The molecule has 0 fully saturated rings. The maximum atomic E-state index is 12.1. The van der Waals surface area contributed by atoms with Crippen LogP contribution < -0.4 is 15.4 Å². The second-order valence-electron chi connectivity index (χ2n) is 5.54. The first-order valence-electron chi connectivity index (χ1n) is 7.93. The van der Waals surface area contributed by atoms with E-state index in [1.165, 1.54) is 0 Å². The van der Waals surface area contributed by atoms with E-state index in [1.807, 2.05) is 56.3 Å². The lowest BCUT2D eigenvalue weighted by atomic mass is 10.1. The van der Waals surface area contributed by atoms with E-state index in [2.05, 4.69) is 17.6 Å². The first kappa shape index (κ1) is 16.9. The van der Waals surface area contributed by atoms with E-state index in [0.717, 1.165) is 34.7 Å². The van der Waals surface area contributed by atoms with Gasteiger partial charge in [-0.3, -0.25) is 4.79 Å². The maximum Gasteiger partial charge on any atom is 0.243 e. The topological polar surface area (TPSA) is 50.4 Å². The number of amides is 1. The molecule has 2 aromatic carbocycles. The monoisotopic (exact) mass is 312 g/mol. The smallest absolute Gasteiger partial charge is 0.243 e. The maximum absolute atomic E-state index is 12.1. The SMILES string of the molecule is CCCOc1ccc(NCC(=O)Nc2c(C)cccc2C)cc1. The van der Waals surface area contributed by atoms with Gasteiger partial charge in [0.15, 0.2) is 0 Å². The summed E-state index contributed by atoms with van der Waals surface area (Å²) in [4.78, 5) is 12.1. The van der Waals surface area contributed by atoms with E-state index in [1.54, 1.807) is 0 Å². The van der Waals surface area contributed by atoms with Gasteiger partial charge in [-0.2, -0.15) is 0 Å². The Hall–Kier alpha value is -2.49. The molecule has 0 saturated heterocycles. The zero-order valence-electron chi connectivity index (χ0n) is 14.0. The van der Waals surface area contributed by atoms with E-state index in [0.29, 0.717) is 6.61 Å². The van der Waals surface area contributed by atoms with Crippen LogP contribution in [0.15, 0.2) is 42.5 Å². The normalized spacial score (nSPS) is 10.2. The third-order valence-corrected chi connectivity index (χ3v) is 3.53. The molecule has 23 heavy (non-hydrogen) atoms. The van der Waals surface area contributed by atoms with Crippen molar-refractivity contribution in [3.8, 4) is 5.75 Å². The fourth-order valence-corrected chi connectivity index (χ4v) is 2.27. The molecule has 0 aromatic heterocycles. The van der Waals surface area contributed by atoms with Crippen LogP contribution >= 0.6 is 0 Å². The predicted molar refractivity (Wildman–Crippen MR) is 95.3 cm³/mol. The average molecular weight is 312 g/mol. The van der Waals surface area contributed by atoms with Crippen molar-refractivity contribution in [3.63, 3.8) is 0 Å². The quantitative estimate of drug-likeness (QED) is 0.808. The average Bonchev–Trinajstić information content (AvgIpc) is 2.55. The molecule has 0 spiro atoms. The van der Waals surface area contributed by atoms with Gasteiger partial charge >= 0.3 is 0 Å². The van der Waals surface area contributed by atoms with Gasteiger partial charge in [-0.25, -0.2) is 0 Å². The van der Waals surface area contributed by atoms with Gasteiger partial charge in [0.05, 0.1) is 13.2 Å². The first-order valence-corrected chi connectivity index (χ1v) is 7.93. The summed E-state index contributed by atoms with van der Waals surface area (Å²) in [7, 11) is 0. The molecule has 4 heteroatoms. The largest absolute Gasteiger partial charge is 0.494 e. The number of aryl methyl sites for hydroxylation is 2.